The lowest BCUT2D eigenvalue weighted by Crippen LogP contribution is -2.03. The lowest BCUT2D eigenvalue weighted by atomic mass is 10.3. The third-order valence-corrected chi connectivity index (χ3v) is 3.38. The molecular weight excluding hydrogens is 314 g/mol. The van der Waals surface area contributed by atoms with Crippen molar-refractivity contribution < 1.29 is 4.74 Å². The van der Waals surface area contributed by atoms with Crippen LogP contribution in [0.3, 0.4) is 0 Å². The Balaban J connectivity index is 1.81. The maximum atomic E-state index is 6.11. The number of methoxy groups -OCH3 is 1. The van der Waals surface area contributed by atoms with Gasteiger partial charge in [0.25, 0.3) is 0 Å². The molecule has 0 unspecified atom stereocenters. The van der Waals surface area contributed by atoms with Crippen molar-refractivity contribution in [1.82, 2.24) is 15.2 Å². The lowest BCUT2D eigenvalue weighted by molar-refractivity contribution is 0.417. The fourth-order valence-electron chi connectivity index (χ4n) is 1.99. The van der Waals surface area contributed by atoms with Crippen molar-refractivity contribution in [3.63, 3.8) is 0 Å². The van der Waals surface area contributed by atoms with E-state index in [4.69, 9.17) is 16.3 Å². The molecule has 0 saturated carbocycles. The molecule has 6 nitrogen and oxygen atoms in total. The number of rotatable bonds is 5. The standard InChI is InChI=1S/C16H14ClN5O/c1-23-14-9-5-4-8-13(14)19-15-10-18-22-16(21-15)20-12-7-3-2-6-11(12)17/h2-10H,1H3,(H2,19,20,21,22). The summed E-state index contributed by atoms with van der Waals surface area (Å²) in [6.45, 7) is 0. The first-order valence-corrected chi connectivity index (χ1v) is 7.25. The summed E-state index contributed by atoms with van der Waals surface area (Å²) in [5, 5.41) is 14.7. The molecule has 3 rings (SSSR count). The van der Waals surface area contributed by atoms with E-state index in [9.17, 15) is 0 Å². The molecule has 0 aliphatic rings. The first-order valence-electron chi connectivity index (χ1n) is 6.87. The summed E-state index contributed by atoms with van der Waals surface area (Å²) in [5.74, 6) is 1.60. The quantitative estimate of drug-likeness (QED) is 0.737. The Morgan fingerprint density at radius 3 is 2.48 bits per heavy atom. The third-order valence-electron chi connectivity index (χ3n) is 3.05. The Morgan fingerprint density at radius 1 is 0.957 bits per heavy atom. The minimum Gasteiger partial charge on any atom is -0.495 e. The second-order valence-electron chi connectivity index (χ2n) is 4.60. The molecule has 0 amide bonds. The number of halogens is 1. The van der Waals surface area contributed by atoms with E-state index in [0.717, 1.165) is 5.69 Å². The molecule has 0 spiro atoms. The van der Waals surface area contributed by atoms with E-state index in [1.54, 1.807) is 13.2 Å². The summed E-state index contributed by atoms with van der Waals surface area (Å²) in [6.07, 6.45) is 1.53. The van der Waals surface area contributed by atoms with Gasteiger partial charge in [-0.25, -0.2) is 0 Å². The molecular formula is C16H14ClN5O. The number of benzene rings is 2. The second kappa shape index (κ2) is 6.93. The van der Waals surface area contributed by atoms with Crippen LogP contribution in [0.4, 0.5) is 23.1 Å². The van der Waals surface area contributed by atoms with Crippen LogP contribution in [-0.2, 0) is 0 Å². The monoisotopic (exact) mass is 327 g/mol. The largest absolute Gasteiger partial charge is 0.495 e. The van der Waals surface area contributed by atoms with E-state index in [2.05, 4.69) is 25.8 Å². The molecule has 0 aliphatic heterocycles. The summed E-state index contributed by atoms with van der Waals surface area (Å²) in [5.41, 5.74) is 1.50. The SMILES string of the molecule is COc1ccccc1Nc1cnnc(Nc2ccccc2Cl)n1. The van der Waals surface area contributed by atoms with E-state index in [1.807, 2.05) is 42.5 Å². The van der Waals surface area contributed by atoms with Crippen LogP contribution >= 0.6 is 11.6 Å². The number of aromatic nitrogens is 3. The first kappa shape index (κ1) is 15.1. The topological polar surface area (TPSA) is 72.0 Å². The molecule has 2 aromatic carbocycles. The van der Waals surface area contributed by atoms with Gasteiger partial charge in [-0.1, -0.05) is 35.9 Å². The van der Waals surface area contributed by atoms with Crippen molar-refractivity contribution in [1.29, 1.82) is 0 Å². The number of nitrogens with one attached hydrogen (secondary N) is 2. The maximum Gasteiger partial charge on any atom is 0.249 e. The molecule has 0 saturated heterocycles. The molecule has 0 atom stereocenters. The Hall–Kier alpha value is -2.86. The summed E-state index contributed by atoms with van der Waals surface area (Å²) >= 11 is 6.11. The lowest BCUT2D eigenvalue weighted by Gasteiger charge is -2.11. The van der Waals surface area contributed by atoms with Gasteiger partial charge < -0.3 is 15.4 Å². The number of nitrogens with zero attached hydrogens (tertiary/aromatic N) is 3. The third kappa shape index (κ3) is 3.67. The first-order chi connectivity index (χ1) is 11.3. The minimum atomic E-state index is 0.345. The van der Waals surface area contributed by atoms with E-state index in [1.165, 1.54) is 6.20 Å². The summed E-state index contributed by atoms with van der Waals surface area (Å²) in [7, 11) is 1.61. The van der Waals surface area contributed by atoms with Gasteiger partial charge in [0.15, 0.2) is 5.82 Å². The maximum absolute atomic E-state index is 6.11. The van der Waals surface area contributed by atoms with Crippen LogP contribution in [0.5, 0.6) is 5.75 Å². The number of anilines is 4. The molecule has 116 valence electrons. The molecule has 2 N–H and O–H groups in total. The molecule has 0 bridgehead atoms. The molecule has 0 fully saturated rings. The van der Waals surface area contributed by atoms with Gasteiger partial charge in [-0.2, -0.15) is 10.1 Å². The van der Waals surface area contributed by atoms with Crippen LogP contribution in [0.2, 0.25) is 5.02 Å². The Morgan fingerprint density at radius 2 is 1.70 bits per heavy atom. The number of hydrogen-bond acceptors (Lipinski definition) is 6. The van der Waals surface area contributed by atoms with Crippen molar-refractivity contribution in [3.8, 4) is 5.75 Å². The van der Waals surface area contributed by atoms with Gasteiger partial charge in [-0.15, -0.1) is 5.10 Å². The highest BCUT2D eigenvalue weighted by Crippen LogP contribution is 2.27. The van der Waals surface area contributed by atoms with E-state index < -0.39 is 0 Å². The van der Waals surface area contributed by atoms with Gasteiger partial charge >= 0.3 is 0 Å². The summed E-state index contributed by atoms with van der Waals surface area (Å²) < 4.78 is 5.30. The van der Waals surface area contributed by atoms with Gasteiger partial charge in [0.1, 0.15) is 5.75 Å². The Bertz CT molecular complexity index is 812. The average Bonchev–Trinajstić information content (AvgIpc) is 2.58. The van der Waals surface area contributed by atoms with Crippen LogP contribution in [0.15, 0.2) is 54.7 Å². The number of ether oxygens (including phenoxy) is 1. The predicted molar refractivity (Wildman–Crippen MR) is 90.8 cm³/mol. The molecule has 23 heavy (non-hydrogen) atoms. The van der Waals surface area contributed by atoms with Gasteiger partial charge in [0.2, 0.25) is 5.95 Å². The van der Waals surface area contributed by atoms with E-state index in [-0.39, 0.29) is 0 Å². The smallest absolute Gasteiger partial charge is 0.249 e. The number of hydrogen-bond donors (Lipinski definition) is 2. The van der Waals surface area contributed by atoms with Crippen molar-refractivity contribution >= 4 is 34.7 Å². The summed E-state index contributed by atoms with van der Waals surface area (Å²) in [6, 6.07) is 14.9. The van der Waals surface area contributed by atoms with E-state index in [0.29, 0.717) is 28.2 Å². The predicted octanol–water partition coefficient (Wildman–Crippen LogP) is 4.02. The highest BCUT2D eigenvalue weighted by atomic mass is 35.5. The molecule has 7 heteroatoms. The van der Waals surface area contributed by atoms with Crippen molar-refractivity contribution in [2.45, 2.75) is 0 Å². The van der Waals surface area contributed by atoms with Crippen LogP contribution in [-0.4, -0.2) is 22.3 Å². The second-order valence-corrected chi connectivity index (χ2v) is 5.00. The van der Waals surface area contributed by atoms with Crippen LogP contribution in [0.25, 0.3) is 0 Å². The average molecular weight is 328 g/mol. The summed E-state index contributed by atoms with van der Waals surface area (Å²) in [4.78, 5) is 4.37. The molecule has 3 aromatic rings. The molecule has 1 heterocycles. The zero-order chi connectivity index (χ0) is 16.1. The number of para-hydroxylation sites is 3. The minimum absolute atomic E-state index is 0.345. The Labute approximate surface area is 138 Å². The highest BCUT2D eigenvalue weighted by Gasteiger charge is 2.06. The van der Waals surface area contributed by atoms with Crippen LogP contribution in [0.1, 0.15) is 0 Å². The van der Waals surface area contributed by atoms with Crippen LogP contribution in [0, 0.1) is 0 Å². The van der Waals surface area contributed by atoms with Crippen molar-refractivity contribution in [2.24, 2.45) is 0 Å². The zero-order valence-electron chi connectivity index (χ0n) is 12.3. The molecule has 0 radical (unpaired) electrons. The van der Waals surface area contributed by atoms with E-state index >= 15 is 0 Å². The molecule has 1 aromatic heterocycles. The fourth-order valence-corrected chi connectivity index (χ4v) is 2.17. The van der Waals surface area contributed by atoms with Crippen LogP contribution < -0.4 is 15.4 Å². The fraction of sp³-hybridized carbons (Fsp3) is 0.0625. The Kier molecular flexibility index (Phi) is 4.54. The van der Waals surface area contributed by atoms with Gasteiger partial charge in [0, 0.05) is 0 Å². The van der Waals surface area contributed by atoms with Gasteiger partial charge in [0.05, 0.1) is 29.7 Å². The zero-order valence-corrected chi connectivity index (χ0v) is 13.1. The molecule has 0 aliphatic carbocycles. The van der Waals surface area contributed by atoms with Gasteiger partial charge in [-0.3, -0.25) is 0 Å². The highest BCUT2D eigenvalue weighted by molar-refractivity contribution is 6.33. The van der Waals surface area contributed by atoms with Gasteiger partial charge in [-0.05, 0) is 24.3 Å². The van der Waals surface area contributed by atoms with Crippen molar-refractivity contribution in [3.05, 3.63) is 59.8 Å². The van der Waals surface area contributed by atoms with Crippen molar-refractivity contribution in [2.75, 3.05) is 17.7 Å². The normalized spacial score (nSPS) is 10.2.